The van der Waals surface area contributed by atoms with Crippen LogP contribution in [0.25, 0.3) is 0 Å². The van der Waals surface area contributed by atoms with Crippen LogP contribution in [0, 0.1) is 23.2 Å². The fourth-order valence-electron chi connectivity index (χ4n) is 3.78. The van der Waals surface area contributed by atoms with Crippen molar-refractivity contribution in [2.24, 2.45) is 11.8 Å². The summed E-state index contributed by atoms with van der Waals surface area (Å²) in [4.78, 5) is 20.0. The Bertz CT molecular complexity index is 780. The molecule has 0 N–H and O–H groups in total. The van der Waals surface area contributed by atoms with Crippen LogP contribution in [0.2, 0.25) is 0 Å². The Morgan fingerprint density at radius 1 is 1.30 bits per heavy atom. The van der Waals surface area contributed by atoms with Crippen LogP contribution in [0.1, 0.15) is 40.1 Å². The van der Waals surface area contributed by atoms with Crippen molar-refractivity contribution in [3.05, 3.63) is 46.5 Å². The minimum atomic E-state index is -0.0507. The molecule has 5 heteroatoms. The SMILES string of the molecule is N#Cc1cccc(C(=O)c2cnc(N3C[C@H]4CCC[C@H]4C3)s2)c1. The van der Waals surface area contributed by atoms with Gasteiger partial charge in [0, 0.05) is 18.7 Å². The van der Waals surface area contributed by atoms with Gasteiger partial charge >= 0.3 is 0 Å². The van der Waals surface area contributed by atoms with Crippen molar-refractivity contribution in [3.63, 3.8) is 0 Å². The second-order valence-electron chi connectivity index (χ2n) is 6.38. The maximum Gasteiger partial charge on any atom is 0.204 e. The van der Waals surface area contributed by atoms with Crippen molar-refractivity contribution in [3.8, 4) is 6.07 Å². The molecule has 2 aromatic rings. The quantitative estimate of drug-likeness (QED) is 0.812. The van der Waals surface area contributed by atoms with Gasteiger partial charge in [0.2, 0.25) is 5.78 Å². The van der Waals surface area contributed by atoms with Gasteiger partial charge in [-0.25, -0.2) is 4.98 Å². The van der Waals surface area contributed by atoms with Crippen LogP contribution in [0.5, 0.6) is 0 Å². The van der Waals surface area contributed by atoms with Gasteiger partial charge in [-0.2, -0.15) is 5.26 Å². The molecule has 2 fully saturated rings. The lowest BCUT2D eigenvalue weighted by Crippen LogP contribution is -2.20. The lowest BCUT2D eigenvalue weighted by atomic mass is 10.0. The molecule has 2 aliphatic rings. The van der Waals surface area contributed by atoms with Crippen LogP contribution < -0.4 is 4.90 Å². The lowest BCUT2D eigenvalue weighted by molar-refractivity contribution is 0.104. The first kappa shape index (κ1) is 14.4. The standard InChI is InChI=1S/C18H17N3OS/c19-8-12-3-1-4-13(7-12)17(22)16-9-20-18(23-16)21-10-14-5-2-6-15(14)11-21/h1,3-4,7,9,14-15H,2,5-6,10-11H2/t14-,15+. The lowest BCUT2D eigenvalue weighted by Gasteiger charge is -2.15. The number of nitrogens with zero attached hydrogens (tertiary/aromatic N) is 3. The monoisotopic (exact) mass is 323 g/mol. The fourth-order valence-corrected chi connectivity index (χ4v) is 4.68. The van der Waals surface area contributed by atoms with Crippen LogP contribution >= 0.6 is 11.3 Å². The third-order valence-electron chi connectivity index (χ3n) is 4.97. The third kappa shape index (κ3) is 2.64. The summed E-state index contributed by atoms with van der Waals surface area (Å²) in [5.41, 5.74) is 1.06. The van der Waals surface area contributed by atoms with Crippen LogP contribution in [0.15, 0.2) is 30.5 Å². The first-order valence-electron chi connectivity index (χ1n) is 8.00. The molecule has 4 rings (SSSR count). The maximum absolute atomic E-state index is 12.6. The van der Waals surface area contributed by atoms with Crippen LogP contribution in [0.4, 0.5) is 5.13 Å². The number of benzene rings is 1. The smallest absolute Gasteiger partial charge is 0.204 e. The zero-order chi connectivity index (χ0) is 15.8. The summed E-state index contributed by atoms with van der Waals surface area (Å²) in [6.07, 6.45) is 5.70. The molecule has 0 bridgehead atoms. The van der Waals surface area contributed by atoms with E-state index in [1.165, 1.54) is 30.6 Å². The Morgan fingerprint density at radius 2 is 2.09 bits per heavy atom. The van der Waals surface area contributed by atoms with Crippen molar-refractivity contribution in [1.82, 2.24) is 4.98 Å². The molecule has 23 heavy (non-hydrogen) atoms. The van der Waals surface area contributed by atoms with Crippen LogP contribution in [-0.2, 0) is 0 Å². The molecule has 4 nitrogen and oxygen atoms in total. The summed E-state index contributed by atoms with van der Waals surface area (Å²) < 4.78 is 0. The Labute approximate surface area is 139 Å². The Balaban J connectivity index is 1.53. The number of ketones is 1. The van der Waals surface area contributed by atoms with E-state index in [1.807, 2.05) is 0 Å². The number of nitriles is 1. The van der Waals surface area contributed by atoms with E-state index in [1.54, 1.807) is 30.5 Å². The molecule has 1 aliphatic heterocycles. The molecule has 0 spiro atoms. The normalized spacial score (nSPS) is 22.8. The average molecular weight is 323 g/mol. The highest BCUT2D eigenvalue weighted by atomic mass is 32.1. The zero-order valence-electron chi connectivity index (χ0n) is 12.7. The van der Waals surface area contributed by atoms with E-state index >= 15 is 0 Å². The van der Waals surface area contributed by atoms with Gasteiger partial charge in [-0.3, -0.25) is 4.79 Å². The van der Waals surface area contributed by atoms with Gasteiger partial charge in [-0.05, 0) is 36.8 Å². The number of rotatable bonds is 3. The molecule has 0 radical (unpaired) electrons. The van der Waals surface area contributed by atoms with Crippen molar-refractivity contribution < 1.29 is 4.79 Å². The highest BCUT2D eigenvalue weighted by molar-refractivity contribution is 7.17. The average Bonchev–Trinajstić information content (AvgIpc) is 3.28. The molecule has 1 aromatic heterocycles. The van der Waals surface area contributed by atoms with Crippen molar-refractivity contribution >= 4 is 22.3 Å². The summed E-state index contributed by atoms with van der Waals surface area (Å²) in [6.45, 7) is 2.16. The van der Waals surface area contributed by atoms with Gasteiger partial charge in [0.05, 0.1) is 22.7 Å². The van der Waals surface area contributed by atoms with Gasteiger partial charge < -0.3 is 4.90 Å². The van der Waals surface area contributed by atoms with Crippen LogP contribution in [-0.4, -0.2) is 23.9 Å². The van der Waals surface area contributed by atoms with E-state index in [4.69, 9.17) is 5.26 Å². The number of fused-ring (bicyclic) bond motifs is 1. The second-order valence-corrected chi connectivity index (χ2v) is 7.39. The summed E-state index contributed by atoms with van der Waals surface area (Å²) in [5.74, 6) is 1.57. The summed E-state index contributed by atoms with van der Waals surface area (Å²) in [7, 11) is 0. The number of carbonyl (C=O) groups excluding carboxylic acids is 1. The Kier molecular flexibility index (Phi) is 3.62. The van der Waals surface area contributed by atoms with Gasteiger partial charge in [-0.1, -0.05) is 29.9 Å². The first-order chi connectivity index (χ1) is 11.2. The van der Waals surface area contributed by atoms with E-state index < -0.39 is 0 Å². The molecule has 0 unspecified atom stereocenters. The molecule has 1 saturated heterocycles. The van der Waals surface area contributed by atoms with Gasteiger partial charge in [-0.15, -0.1) is 0 Å². The first-order valence-corrected chi connectivity index (χ1v) is 8.82. The minimum absolute atomic E-state index is 0.0507. The van der Waals surface area contributed by atoms with Crippen molar-refractivity contribution in [1.29, 1.82) is 5.26 Å². The molecule has 0 amide bonds. The molecule has 2 atom stereocenters. The second kappa shape index (κ2) is 5.78. The number of carbonyl (C=O) groups is 1. The summed E-state index contributed by atoms with van der Waals surface area (Å²) >= 11 is 1.47. The van der Waals surface area contributed by atoms with E-state index in [2.05, 4.69) is 16.0 Å². The summed E-state index contributed by atoms with van der Waals surface area (Å²) in [6, 6.07) is 8.92. The number of hydrogen-bond acceptors (Lipinski definition) is 5. The summed E-state index contributed by atoms with van der Waals surface area (Å²) in [5, 5.41) is 9.92. The third-order valence-corrected chi connectivity index (χ3v) is 6.02. The van der Waals surface area contributed by atoms with Gasteiger partial charge in [0.15, 0.2) is 5.13 Å². The Hall–Kier alpha value is -2.19. The molecule has 116 valence electrons. The highest BCUT2D eigenvalue weighted by Gasteiger charge is 2.37. The van der Waals surface area contributed by atoms with Crippen molar-refractivity contribution in [2.45, 2.75) is 19.3 Å². The molecular formula is C18H17N3OS. The largest absolute Gasteiger partial charge is 0.348 e. The Morgan fingerprint density at radius 3 is 2.83 bits per heavy atom. The topological polar surface area (TPSA) is 57.0 Å². The molecule has 1 saturated carbocycles. The van der Waals surface area contributed by atoms with E-state index in [9.17, 15) is 4.79 Å². The predicted molar refractivity (Wildman–Crippen MR) is 89.7 cm³/mol. The maximum atomic E-state index is 12.6. The minimum Gasteiger partial charge on any atom is -0.348 e. The predicted octanol–water partition coefficient (Wildman–Crippen LogP) is 3.48. The fraction of sp³-hybridized carbons (Fsp3) is 0.389. The van der Waals surface area contributed by atoms with Gasteiger partial charge in [0.1, 0.15) is 0 Å². The number of hydrogen-bond donors (Lipinski definition) is 0. The number of thiazole rings is 1. The van der Waals surface area contributed by atoms with E-state index in [0.717, 1.165) is 30.1 Å². The highest BCUT2D eigenvalue weighted by Crippen LogP contribution is 2.40. The zero-order valence-corrected chi connectivity index (χ0v) is 13.6. The molecule has 2 heterocycles. The number of aromatic nitrogens is 1. The van der Waals surface area contributed by atoms with Gasteiger partial charge in [0.25, 0.3) is 0 Å². The van der Waals surface area contributed by atoms with Crippen LogP contribution in [0.3, 0.4) is 0 Å². The van der Waals surface area contributed by atoms with E-state index in [0.29, 0.717) is 16.0 Å². The van der Waals surface area contributed by atoms with E-state index in [-0.39, 0.29) is 5.78 Å². The van der Waals surface area contributed by atoms with Crippen molar-refractivity contribution in [2.75, 3.05) is 18.0 Å². The number of anilines is 1. The molecular weight excluding hydrogens is 306 g/mol. The molecule has 1 aromatic carbocycles. The molecule has 1 aliphatic carbocycles.